The highest BCUT2D eigenvalue weighted by Crippen LogP contribution is 2.10. The van der Waals surface area contributed by atoms with Gasteiger partial charge in [0, 0.05) is 6.54 Å². The van der Waals surface area contributed by atoms with Gasteiger partial charge in [-0.05, 0) is 44.1 Å². The first kappa shape index (κ1) is 10.8. The zero-order valence-electron chi connectivity index (χ0n) is 8.33. The lowest BCUT2D eigenvalue weighted by molar-refractivity contribution is 0.203. The van der Waals surface area contributed by atoms with Gasteiger partial charge in [-0.25, -0.2) is 4.99 Å². The molecule has 0 aliphatic carbocycles. The van der Waals surface area contributed by atoms with Gasteiger partial charge in [0.15, 0.2) is 0 Å². The minimum atomic E-state index is 0.619. The predicted octanol–water partition coefficient (Wildman–Crippen LogP) is 2.21. The summed E-state index contributed by atoms with van der Waals surface area (Å²) in [6.45, 7) is 6.77. The Bertz CT molecular complexity index is 181. The molecule has 1 heterocycles. The molecule has 1 atom stereocenters. The van der Waals surface area contributed by atoms with Crippen molar-refractivity contribution in [2.75, 3.05) is 26.2 Å². The van der Waals surface area contributed by atoms with Gasteiger partial charge in [-0.15, -0.1) is 0 Å². The van der Waals surface area contributed by atoms with Crippen molar-refractivity contribution in [2.45, 2.75) is 26.2 Å². The number of piperidine rings is 1. The summed E-state index contributed by atoms with van der Waals surface area (Å²) >= 11 is 4.54. The second-order valence-corrected chi connectivity index (χ2v) is 4.08. The molecule has 0 radical (unpaired) electrons. The van der Waals surface area contributed by atoms with Crippen molar-refractivity contribution in [3.05, 3.63) is 0 Å². The monoisotopic (exact) mass is 198 g/mol. The zero-order chi connectivity index (χ0) is 9.52. The summed E-state index contributed by atoms with van der Waals surface area (Å²) in [5.74, 6) is 0.619. The summed E-state index contributed by atoms with van der Waals surface area (Å²) in [4.78, 5) is 6.51. The van der Waals surface area contributed by atoms with Gasteiger partial charge in [0.25, 0.3) is 0 Å². The van der Waals surface area contributed by atoms with Crippen molar-refractivity contribution in [1.82, 2.24) is 4.90 Å². The molecule has 1 aliphatic heterocycles. The largest absolute Gasteiger partial charge is 0.303 e. The number of hydrogen-bond donors (Lipinski definition) is 0. The molecule has 0 amide bonds. The molecule has 0 bridgehead atoms. The molecule has 0 saturated carbocycles. The number of hydrogen-bond acceptors (Lipinski definition) is 3. The van der Waals surface area contributed by atoms with Crippen molar-refractivity contribution < 1.29 is 0 Å². The lowest BCUT2D eigenvalue weighted by Crippen LogP contribution is -2.34. The highest BCUT2D eigenvalue weighted by Gasteiger charge is 2.12. The Balaban J connectivity index is 2.17. The molecule has 1 fully saturated rings. The van der Waals surface area contributed by atoms with E-state index in [1.807, 2.05) is 0 Å². The van der Waals surface area contributed by atoms with Gasteiger partial charge in [0.2, 0.25) is 0 Å². The molecule has 13 heavy (non-hydrogen) atoms. The minimum Gasteiger partial charge on any atom is -0.303 e. The quantitative estimate of drug-likeness (QED) is 0.508. The third-order valence-electron chi connectivity index (χ3n) is 2.49. The predicted molar refractivity (Wildman–Crippen MR) is 59.3 cm³/mol. The van der Waals surface area contributed by atoms with Crippen molar-refractivity contribution in [1.29, 1.82) is 0 Å². The smallest absolute Gasteiger partial charge is 0.0585 e. The molecule has 1 unspecified atom stereocenters. The lowest BCUT2D eigenvalue weighted by Gasteiger charge is -2.28. The number of thiocarbonyl (C=S) groups is 1. The molecule has 1 rings (SSSR count). The molecular weight excluding hydrogens is 180 g/mol. The van der Waals surface area contributed by atoms with Crippen molar-refractivity contribution in [3.8, 4) is 0 Å². The Labute approximate surface area is 86.0 Å². The summed E-state index contributed by atoms with van der Waals surface area (Å²) in [7, 11) is 0. The van der Waals surface area contributed by atoms with E-state index < -0.39 is 0 Å². The maximum Gasteiger partial charge on any atom is 0.0585 e. The van der Waals surface area contributed by atoms with Crippen LogP contribution in [0.15, 0.2) is 4.99 Å². The fourth-order valence-corrected chi connectivity index (χ4v) is 1.91. The topological polar surface area (TPSA) is 15.6 Å². The number of rotatable bonds is 4. The third kappa shape index (κ3) is 4.51. The first-order chi connectivity index (χ1) is 6.33. The van der Waals surface area contributed by atoms with Crippen LogP contribution in [0.2, 0.25) is 0 Å². The van der Waals surface area contributed by atoms with E-state index in [1.165, 1.54) is 38.9 Å². The van der Waals surface area contributed by atoms with Crippen LogP contribution in [0.4, 0.5) is 0 Å². The average Bonchev–Trinajstić information content (AvgIpc) is 2.16. The SMILES string of the molecule is CC(CN=C=S)CN1CCCCC1. The second kappa shape index (κ2) is 6.25. The van der Waals surface area contributed by atoms with E-state index in [4.69, 9.17) is 0 Å². The van der Waals surface area contributed by atoms with E-state index in [-0.39, 0.29) is 0 Å². The zero-order valence-corrected chi connectivity index (χ0v) is 9.15. The van der Waals surface area contributed by atoms with E-state index in [0.29, 0.717) is 5.92 Å². The van der Waals surface area contributed by atoms with Gasteiger partial charge in [0.05, 0.1) is 11.7 Å². The number of aliphatic imine (C=N–C) groups is 1. The van der Waals surface area contributed by atoms with Crippen molar-refractivity contribution >= 4 is 17.4 Å². The Hall–Kier alpha value is -0.240. The molecule has 1 aliphatic rings. The minimum absolute atomic E-state index is 0.619. The normalized spacial score (nSPS) is 20.7. The van der Waals surface area contributed by atoms with Crippen molar-refractivity contribution in [2.24, 2.45) is 10.9 Å². The molecule has 0 aromatic rings. The van der Waals surface area contributed by atoms with Crippen LogP contribution in [0, 0.1) is 5.92 Å². The highest BCUT2D eigenvalue weighted by atomic mass is 32.1. The van der Waals surface area contributed by atoms with Gasteiger partial charge >= 0.3 is 0 Å². The summed E-state index contributed by atoms with van der Waals surface area (Å²) in [6, 6.07) is 0. The molecule has 0 spiro atoms. The van der Waals surface area contributed by atoms with Crippen LogP contribution >= 0.6 is 12.2 Å². The number of isothiocyanates is 1. The summed E-state index contributed by atoms with van der Waals surface area (Å²) in [5, 5.41) is 2.43. The lowest BCUT2D eigenvalue weighted by atomic mass is 10.1. The first-order valence-corrected chi connectivity index (χ1v) is 5.49. The van der Waals surface area contributed by atoms with E-state index >= 15 is 0 Å². The summed E-state index contributed by atoms with van der Waals surface area (Å²) in [5.41, 5.74) is 0. The maximum atomic E-state index is 4.54. The van der Waals surface area contributed by atoms with Gasteiger partial charge < -0.3 is 4.90 Å². The average molecular weight is 198 g/mol. The van der Waals surface area contributed by atoms with Crippen LogP contribution in [0.1, 0.15) is 26.2 Å². The maximum absolute atomic E-state index is 4.54. The number of nitrogens with zero attached hydrogens (tertiary/aromatic N) is 2. The second-order valence-electron chi connectivity index (χ2n) is 3.90. The van der Waals surface area contributed by atoms with E-state index in [0.717, 1.165) is 6.54 Å². The van der Waals surface area contributed by atoms with Gasteiger partial charge in [-0.1, -0.05) is 13.3 Å². The standard InChI is InChI=1S/C10H18N2S/c1-10(7-11-9-13)8-12-5-3-2-4-6-12/h10H,2-8H2,1H3. The number of likely N-dealkylation sites (tertiary alicyclic amines) is 1. The molecular formula is C10H18N2S. The van der Waals surface area contributed by atoms with Crippen LogP contribution in [-0.2, 0) is 0 Å². The van der Waals surface area contributed by atoms with Crippen LogP contribution in [-0.4, -0.2) is 36.2 Å². The third-order valence-corrected chi connectivity index (χ3v) is 2.62. The molecule has 2 nitrogen and oxygen atoms in total. The molecule has 0 aromatic heterocycles. The Morgan fingerprint density at radius 2 is 2.08 bits per heavy atom. The van der Waals surface area contributed by atoms with Crippen LogP contribution in [0.3, 0.4) is 0 Å². The summed E-state index contributed by atoms with van der Waals surface area (Å²) in [6.07, 6.45) is 4.13. The van der Waals surface area contributed by atoms with Crippen molar-refractivity contribution in [3.63, 3.8) is 0 Å². The van der Waals surface area contributed by atoms with E-state index in [9.17, 15) is 0 Å². The Kier molecular flexibility index (Phi) is 5.21. The molecule has 3 heteroatoms. The van der Waals surface area contributed by atoms with E-state index in [1.54, 1.807) is 0 Å². The van der Waals surface area contributed by atoms with E-state index in [2.05, 4.69) is 34.2 Å². The van der Waals surface area contributed by atoms with Gasteiger partial charge in [-0.3, -0.25) is 0 Å². The summed E-state index contributed by atoms with van der Waals surface area (Å²) < 4.78 is 0. The fraction of sp³-hybridized carbons (Fsp3) is 0.900. The Morgan fingerprint density at radius 1 is 1.38 bits per heavy atom. The fourth-order valence-electron chi connectivity index (χ4n) is 1.83. The highest BCUT2D eigenvalue weighted by molar-refractivity contribution is 7.78. The molecule has 1 saturated heterocycles. The van der Waals surface area contributed by atoms with Gasteiger partial charge in [-0.2, -0.15) is 0 Å². The van der Waals surface area contributed by atoms with Crippen LogP contribution in [0.25, 0.3) is 0 Å². The van der Waals surface area contributed by atoms with Crippen LogP contribution in [0.5, 0.6) is 0 Å². The van der Waals surface area contributed by atoms with Gasteiger partial charge in [0.1, 0.15) is 0 Å². The molecule has 0 aromatic carbocycles. The first-order valence-electron chi connectivity index (χ1n) is 5.09. The molecule has 0 N–H and O–H groups in total. The Morgan fingerprint density at radius 3 is 2.69 bits per heavy atom. The van der Waals surface area contributed by atoms with Crippen LogP contribution < -0.4 is 0 Å². The molecule has 74 valence electrons.